The van der Waals surface area contributed by atoms with Gasteiger partial charge in [-0.3, -0.25) is 0 Å². The van der Waals surface area contributed by atoms with E-state index in [-0.39, 0.29) is 5.41 Å². The monoisotopic (exact) mass is 541 g/mol. The first-order valence-corrected chi connectivity index (χ1v) is 15.3. The van der Waals surface area contributed by atoms with Crippen molar-refractivity contribution >= 4 is 12.1 Å². The molecule has 36 heavy (non-hydrogen) atoms. The Morgan fingerprint density at radius 2 is 1.53 bits per heavy atom. The second-order valence-electron chi connectivity index (χ2n) is 10.7. The molecule has 175 valence electrons. The van der Waals surface area contributed by atoms with Gasteiger partial charge in [-0.05, 0) is 0 Å². The zero-order chi connectivity index (χ0) is 24.9. The topological polar surface area (TPSA) is 0 Å². The van der Waals surface area contributed by atoms with Crippen LogP contribution in [-0.4, -0.2) is 3.21 Å². The van der Waals surface area contributed by atoms with Gasteiger partial charge < -0.3 is 0 Å². The van der Waals surface area contributed by atoms with Crippen LogP contribution >= 0.6 is 0 Å². The van der Waals surface area contributed by atoms with Crippen molar-refractivity contribution in [3.05, 3.63) is 153 Å². The van der Waals surface area contributed by atoms with Crippen LogP contribution in [0.4, 0.5) is 0 Å². The summed E-state index contributed by atoms with van der Waals surface area (Å²) in [6.45, 7) is 9.34. The van der Waals surface area contributed by atoms with Crippen LogP contribution in [0.15, 0.2) is 120 Å². The molecule has 0 aromatic heterocycles. The Labute approximate surface area is 225 Å². The van der Waals surface area contributed by atoms with Crippen LogP contribution in [0.5, 0.6) is 0 Å². The number of benzene rings is 3. The van der Waals surface area contributed by atoms with E-state index in [4.69, 9.17) is 0 Å². The van der Waals surface area contributed by atoms with Gasteiger partial charge in [-0.1, -0.05) is 0 Å². The number of hydrogen-bond acceptors (Lipinski definition) is 0. The molecule has 3 aromatic rings. The van der Waals surface area contributed by atoms with Gasteiger partial charge in [-0.25, -0.2) is 0 Å². The molecule has 3 aliphatic rings. The van der Waals surface area contributed by atoms with Gasteiger partial charge in [0.2, 0.25) is 0 Å². The van der Waals surface area contributed by atoms with Gasteiger partial charge >= 0.3 is 227 Å². The molecule has 0 atom stereocenters. The number of allylic oxidation sites excluding steroid dienone is 8. The molecule has 0 aliphatic heterocycles. The zero-order valence-electron chi connectivity index (χ0n) is 21.5. The third kappa shape index (κ3) is 3.99. The second kappa shape index (κ2) is 9.20. The predicted octanol–water partition coefficient (Wildman–Crippen LogP) is 6.71. The molecule has 6 rings (SSSR count). The van der Waals surface area contributed by atoms with Gasteiger partial charge in [-0.2, -0.15) is 0 Å². The summed E-state index contributed by atoms with van der Waals surface area (Å²) in [6.07, 6.45) is 12.8. The van der Waals surface area contributed by atoms with E-state index in [0.717, 1.165) is 6.42 Å². The van der Waals surface area contributed by atoms with Gasteiger partial charge in [0.25, 0.3) is 0 Å². The number of fused-ring (bicyclic) bond motifs is 2. The normalized spacial score (nSPS) is 17.2. The van der Waals surface area contributed by atoms with Crippen molar-refractivity contribution in [2.45, 2.75) is 34.1 Å². The molecule has 0 saturated heterocycles. The van der Waals surface area contributed by atoms with Crippen LogP contribution in [0, 0.1) is 19.3 Å². The van der Waals surface area contributed by atoms with E-state index >= 15 is 0 Å². The van der Waals surface area contributed by atoms with Gasteiger partial charge in [0, 0.05) is 0 Å². The maximum absolute atomic E-state index is 2.46. The average molecular weight is 543 g/mol. The van der Waals surface area contributed by atoms with E-state index in [1.165, 1.54) is 55.0 Å². The number of hydrogen-bond donors (Lipinski definition) is 0. The molecule has 0 nitrogen and oxygen atoms in total. The summed E-state index contributed by atoms with van der Waals surface area (Å²) in [5.41, 5.74) is 11.5. The Balaban J connectivity index is 1.76. The molecular weight excluding hydrogens is 512 g/mol. The van der Waals surface area contributed by atoms with E-state index in [9.17, 15) is 0 Å². The summed E-state index contributed by atoms with van der Waals surface area (Å²) in [5.74, 6) is 0. The Morgan fingerprint density at radius 3 is 2.14 bits per heavy atom. The summed E-state index contributed by atoms with van der Waals surface area (Å²) in [7, 11) is 0. The van der Waals surface area contributed by atoms with Crippen molar-refractivity contribution in [1.82, 2.24) is 0 Å². The first kappa shape index (κ1) is 23.5. The van der Waals surface area contributed by atoms with Gasteiger partial charge in [0.1, 0.15) is 0 Å². The molecular formula is C35H31Zr. The van der Waals surface area contributed by atoms with Crippen LogP contribution in [0.3, 0.4) is 0 Å². The van der Waals surface area contributed by atoms with Gasteiger partial charge in [0.05, 0.1) is 0 Å². The molecule has 0 unspecified atom stereocenters. The van der Waals surface area contributed by atoms with Crippen molar-refractivity contribution < 1.29 is 22.8 Å². The van der Waals surface area contributed by atoms with Crippen molar-refractivity contribution in [3.8, 4) is 0 Å². The Hall–Kier alpha value is -2.89. The molecule has 0 amide bonds. The first-order chi connectivity index (χ1) is 17.4. The molecule has 3 aliphatic carbocycles. The molecule has 3 aromatic carbocycles. The summed E-state index contributed by atoms with van der Waals surface area (Å²) in [5, 5.41) is 2.95. The standard InChI is InChI=1S/C22H21.C13H10.Zr/c1-14-11-15(2)20-17(12-14)13-19-18(20)9-10-22(3,4)21(19)16-7-5-6-8-16;1-3-7-12(8-4-1)11-13-9-5-2-6-10-13;/h5-7,9-12H,8H2,1-4H3;1-10H;. The fourth-order valence-electron chi connectivity index (χ4n) is 6.02. The summed E-state index contributed by atoms with van der Waals surface area (Å²) >= 11 is -1.22. The van der Waals surface area contributed by atoms with Crippen LogP contribution in [-0.2, 0) is 22.8 Å². The minimum atomic E-state index is -1.22. The van der Waals surface area contributed by atoms with Crippen LogP contribution in [0.1, 0.15) is 42.5 Å². The minimum absolute atomic E-state index is 0.00596. The van der Waals surface area contributed by atoms with E-state index in [1.54, 1.807) is 6.49 Å². The van der Waals surface area contributed by atoms with Gasteiger partial charge in [0.15, 0.2) is 0 Å². The van der Waals surface area contributed by atoms with Crippen molar-refractivity contribution in [2.24, 2.45) is 5.41 Å². The Morgan fingerprint density at radius 1 is 0.861 bits per heavy atom. The van der Waals surface area contributed by atoms with E-state index < -0.39 is 22.8 Å². The Bertz CT molecular complexity index is 1610. The summed E-state index contributed by atoms with van der Waals surface area (Å²) < 4.78 is 3.19. The third-order valence-electron chi connectivity index (χ3n) is 7.57. The predicted molar refractivity (Wildman–Crippen MR) is 150 cm³/mol. The van der Waals surface area contributed by atoms with Crippen molar-refractivity contribution in [3.63, 3.8) is 0 Å². The van der Waals surface area contributed by atoms with Crippen LogP contribution < -0.4 is 10.4 Å². The summed E-state index contributed by atoms with van der Waals surface area (Å²) in [6, 6.07) is 27.0. The fraction of sp³-hybridized carbons (Fsp3) is 0.171. The van der Waals surface area contributed by atoms with Gasteiger partial charge in [-0.15, -0.1) is 0 Å². The van der Waals surface area contributed by atoms with Crippen molar-refractivity contribution in [2.75, 3.05) is 0 Å². The molecule has 0 saturated carbocycles. The molecule has 0 fully saturated rings. The molecule has 0 bridgehead atoms. The second-order valence-corrected chi connectivity index (χ2v) is 13.7. The maximum atomic E-state index is 2.46. The number of rotatable bonds is 4. The van der Waals surface area contributed by atoms with Crippen LogP contribution in [0.25, 0.3) is 8.85 Å². The van der Waals surface area contributed by atoms with Crippen LogP contribution in [0.2, 0.25) is 0 Å². The van der Waals surface area contributed by atoms with E-state index in [0.29, 0.717) is 0 Å². The fourth-order valence-corrected chi connectivity index (χ4v) is 9.93. The molecule has 0 radical (unpaired) electrons. The Kier molecular flexibility index (Phi) is 6.01. The number of aryl methyl sites for hydroxylation is 2. The average Bonchev–Trinajstić information content (AvgIpc) is 3.50. The quantitative estimate of drug-likeness (QED) is 0.344. The molecule has 0 spiro atoms. The molecule has 0 N–H and O–H groups in total. The molecule has 1 heteroatoms. The zero-order valence-corrected chi connectivity index (χ0v) is 24.0. The SMILES string of the molecule is Cc1cc(C)c2c(c1)=[C]([Zr]=[C](c1ccccc1)c1ccccc1)C1=C(C3=CC=CC3)C(C)(C)C=CC=21. The third-order valence-corrected chi connectivity index (χ3v) is 11.5. The van der Waals surface area contributed by atoms with E-state index in [1.807, 2.05) is 0 Å². The van der Waals surface area contributed by atoms with E-state index in [2.05, 4.69) is 131 Å². The summed E-state index contributed by atoms with van der Waals surface area (Å²) in [4.78, 5) is 0. The molecule has 0 heterocycles. The van der Waals surface area contributed by atoms with Crippen molar-refractivity contribution in [1.29, 1.82) is 0 Å². The first-order valence-electron chi connectivity index (χ1n) is 12.9.